The average Bonchev–Trinajstić information content (AvgIpc) is 2.47. The molecule has 0 aliphatic carbocycles. The van der Waals surface area contributed by atoms with Gasteiger partial charge in [-0.15, -0.1) is 0 Å². The highest BCUT2D eigenvalue weighted by Crippen LogP contribution is 2.22. The zero-order valence-electron chi connectivity index (χ0n) is 10.0. The lowest BCUT2D eigenvalue weighted by atomic mass is 10.1. The van der Waals surface area contributed by atoms with Crippen LogP contribution in [0.2, 0.25) is 0 Å². The summed E-state index contributed by atoms with van der Waals surface area (Å²) in [4.78, 5) is 15.7. The van der Waals surface area contributed by atoms with E-state index in [-0.39, 0.29) is 0 Å². The van der Waals surface area contributed by atoms with Gasteiger partial charge in [0.15, 0.2) is 0 Å². The maximum absolute atomic E-state index is 11.1. The molecule has 0 saturated carbocycles. The summed E-state index contributed by atoms with van der Waals surface area (Å²) in [5.41, 5.74) is 3.33. The quantitative estimate of drug-likeness (QED) is 0.649. The van der Waals surface area contributed by atoms with Crippen molar-refractivity contribution in [3.8, 4) is 11.3 Å². The summed E-state index contributed by atoms with van der Waals surface area (Å²) in [7, 11) is 0. The highest BCUT2D eigenvalue weighted by atomic mass is 35.5. The molecule has 19 heavy (non-hydrogen) atoms. The van der Waals surface area contributed by atoms with Crippen LogP contribution in [0.25, 0.3) is 22.2 Å². The smallest absolute Gasteiger partial charge is 0.252 e. The minimum atomic E-state index is -0.450. The lowest BCUT2D eigenvalue weighted by molar-refractivity contribution is 0.108. The van der Waals surface area contributed by atoms with Crippen molar-refractivity contribution in [2.45, 2.75) is 0 Å². The molecule has 0 N–H and O–H groups in total. The molecule has 0 saturated heterocycles. The van der Waals surface area contributed by atoms with Crippen molar-refractivity contribution in [2.75, 3.05) is 0 Å². The third kappa shape index (κ3) is 2.35. The Morgan fingerprint density at radius 1 is 0.947 bits per heavy atom. The Hall–Kier alpha value is -2.19. The molecule has 0 radical (unpaired) electrons. The van der Waals surface area contributed by atoms with Gasteiger partial charge in [0.1, 0.15) is 0 Å². The fourth-order valence-electron chi connectivity index (χ4n) is 2.02. The molecule has 0 amide bonds. The van der Waals surface area contributed by atoms with Crippen LogP contribution in [0.1, 0.15) is 10.4 Å². The predicted octanol–water partition coefficient (Wildman–Crippen LogP) is 4.28. The fraction of sp³-hybridized carbons (Fsp3) is 0. The minimum absolute atomic E-state index is 0.450. The number of hydrogen-bond acceptors (Lipinski definition) is 2. The number of pyridine rings is 1. The zero-order valence-corrected chi connectivity index (χ0v) is 10.8. The molecule has 0 spiro atoms. The van der Waals surface area contributed by atoms with Gasteiger partial charge in [0, 0.05) is 16.5 Å². The number of carbonyl (C=O) groups excluding carboxylic acids is 1. The van der Waals surface area contributed by atoms with Crippen LogP contribution in [0, 0.1) is 0 Å². The molecular formula is C16H10ClNO. The van der Waals surface area contributed by atoms with E-state index in [4.69, 9.17) is 11.6 Å². The van der Waals surface area contributed by atoms with E-state index in [2.05, 4.69) is 4.98 Å². The first-order valence-corrected chi connectivity index (χ1v) is 6.28. The average molecular weight is 268 g/mol. The molecule has 2 nitrogen and oxygen atoms in total. The largest absolute Gasteiger partial charge is 0.276 e. The van der Waals surface area contributed by atoms with Gasteiger partial charge in [0.25, 0.3) is 5.24 Å². The molecule has 0 aliphatic heterocycles. The highest BCUT2D eigenvalue weighted by Gasteiger charge is 2.05. The van der Waals surface area contributed by atoms with Gasteiger partial charge in [0.05, 0.1) is 11.2 Å². The summed E-state index contributed by atoms with van der Waals surface area (Å²) in [6.45, 7) is 0. The Labute approximate surface area is 115 Å². The van der Waals surface area contributed by atoms with Crippen LogP contribution >= 0.6 is 11.6 Å². The van der Waals surface area contributed by atoms with Gasteiger partial charge in [-0.3, -0.25) is 4.79 Å². The van der Waals surface area contributed by atoms with Gasteiger partial charge < -0.3 is 0 Å². The molecule has 2 aromatic carbocycles. The molecular weight excluding hydrogens is 258 g/mol. The van der Waals surface area contributed by atoms with Crippen molar-refractivity contribution in [1.82, 2.24) is 4.98 Å². The summed E-state index contributed by atoms with van der Waals surface area (Å²) < 4.78 is 0. The SMILES string of the molecule is O=C(Cl)c1ccc2nc(-c3ccccc3)ccc2c1. The van der Waals surface area contributed by atoms with Crippen LogP contribution in [-0.2, 0) is 0 Å². The second-order valence-electron chi connectivity index (χ2n) is 4.24. The van der Waals surface area contributed by atoms with Gasteiger partial charge >= 0.3 is 0 Å². The van der Waals surface area contributed by atoms with Crippen LogP contribution < -0.4 is 0 Å². The topological polar surface area (TPSA) is 30.0 Å². The molecule has 3 aromatic rings. The standard InChI is InChI=1S/C16H10ClNO/c17-16(19)13-7-9-15-12(10-13)6-8-14(18-15)11-4-2-1-3-5-11/h1-10H. The first kappa shape index (κ1) is 11.9. The Bertz CT molecular complexity index is 753. The summed E-state index contributed by atoms with van der Waals surface area (Å²) in [5, 5.41) is 0.459. The summed E-state index contributed by atoms with van der Waals surface area (Å²) in [6.07, 6.45) is 0. The second-order valence-corrected chi connectivity index (χ2v) is 4.59. The first-order valence-electron chi connectivity index (χ1n) is 5.90. The van der Waals surface area contributed by atoms with Crippen LogP contribution in [0.15, 0.2) is 60.7 Å². The molecule has 0 atom stereocenters. The van der Waals surface area contributed by atoms with Crippen molar-refractivity contribution < 1.29 is 4.79 Å². The molecule has 92 valence electrons. The van der Waals surface area contributed by atoms with E-state index in [1.165, 1.54) is 0 Å². The highest BCUT2D eigenvalue weighted by molar-refractivity contribution is 6.67. The van der Waals surface area contributed by atoms with E-state index in [1.54, 1.807) is 12.1 Å². The van der Waals surface area contributed by atoms with Crippen LogP contribution in [0.5, 0.6) is 0 Å². The molecule has 0 unspecified atom stereocenters. The van der Waals surface area contributed by atoms with Crippen LogP contribution in [0.4, 0.5) is 0 Å². The van der Waals surface area contributed by atoms with E-state index < -0.39 is 5.24 Å². The first-order chi connectivity index (χ1) is 9.24. The van der Waals surface area contributed by atoms with E-state index in [0.717, 1.165) is 22.2 Å². The van der Waals surface area contributed by atoms with Crippen molar-refractivity contribution in [1.29, 1.82) is 0 Å². The summed E-state index contributed by atoms with van der Waals surface area (Å²) >= 11 is 5.47. The molecule has 1 heterocycles. The van der Waals surface area contributed by atoms with Crippen LogP contribution in [-0.4, -0.2) is 10.2 Å². The number of halogens is 1. The molecule has 0 fully saturated rings. The van der Waals surface area contributed by atoms with Gasteiger partial charge in [-0.1, -0.05) is 36.4 Å². The Morgan fingerprint density at radius 2 is 1.74 bits per heavy atom. The Morgan fingerprint density at radius 3 is 2.47 bits per heavy atom. The van der Waals surface area contributed by atoms with Crippen molar-refractivity contribution in [3.63, 3.8) is 0 Å². The predicted molar refractivity (Wildman–Crippen MR) is 77.4 cm³/mol. The Balaban J connectivity index is 2.12. The molecule has 1 aromatic heterocycles. The van der Waals surface area contributed by atoms with Crippen molar-refractivity contribution >= 4 is 27.7 Å². The monoisotopic (exact) mass is 267 g/mol. The number of fused-ring (bicyclic) bond motifs is 1. The maximum atomic E-state index is 11.1. The van der Waals surface area contributed by atoms with E-state index in [9.17, 15) is 4.79 Å². The number of aromatic nitrogens is 1. The summed E-state index contributed by atoms with van der Waals surface area (Å²) in [6, 6.07) is 19.1. The van der Waals surface area contributed by atoms with E-state index >= 15 is 0 Å². The number of rotatable bonds is 2. The van der Waals surface area contributed by atoms with Crippen molar-refractivity contribution in [2.24, 2.45) is 0 Å². The lowest BCUT2D eigenvalue weighted by Crippen LogP contribution is -1.90. The zero-order chi connectivity index (χ0) is 13.2. The summed E-state index contributed by atoms with van der Waals surface area (Å²) in [5.74, 6) is 0. The van der Waals surface area contributed by atoms with Crippen molar-refractivity contribution in [3.05, 3.63) is 66.2 Å². The molecule has 0 aliphatic rings. The third-order valence-corrected chi connectivity index (χ3v) is 3.20. The fourth-order valence-corrected chi connectivity index (χ4v) is 2.14. The second kappa shape index (κ2) is 4.82. The number of benzene rings is 2. The maximum Gasteiger partial charge on any atom is 0.252 e. The van der Waals surface area contributed by atoms with Crippen LogP contribution in [0.3, 0.4) is 0 Å². The van der Waals surface area contributed by atoms with E-state index in [1.807, 2.05) is 48.5 Å². The Kier molecular flexibility index (Phi) is 3.02. The molecule has 0 bridgehead atoms. The normalized spacial score (nSPS) is 10.6. The third-order valence-electron chi connectivity index (χ3n) is 2.99. The van der Waals surface area contributed by atoms with Gasteiger partial charge in [0.2, 0.25) is 0 Å². The van der Waals surface area contributed by atoms with Gasteiger partial charge in [-0.25, -0.2) is 4.98 Å². The number of hydrogen-bond donors (Lipinski definition) is 0. The minimum Gasteiger partial charge on any atom is -0.276 e. The molecule has 3 rings (SSSR count). The number of carbonyl (C=O) groups is 1. The van der Waals surface area contributed by atoms with Gasteiger partial charge in [-0.05, 0) is 35.9 Å². The van der Waals surface area contributed by atoms with E-state index in [0.29, 0.717) is 5.56 Å². The van der Waals surface area contributed by atoms with Gasteiger partial charge in [-0.2, -0.15) is 0 Å². The number of nitrogens with zero attached hydrogens (tertiary/aromatic N) is 1. The molecule has 3 heteroatoms. The lowest BCUT2D eigenvalue weighted by Gasteiger charge is -2.04.